The van der Waals surface area contributed by atoms with Crippen LogP contribution in [0, 0.1) is 6.92 Å². The van der Waals surface area contributed by atoms with Crippen molar-refractivity contribution in [3.8, 4) is 0 Å². The van der Waals surface area contributed by atoms with Gasteiger partial charge in [0.05, 0.1) is 17.2 Å². The zero-order valence-corrected chi connectivity index (χ0v) is 19.1. The number of Topliss-reactive ketones (excluding diaryl/α,β-unsaturated/α-hetero) is 1. The molecule has 1 aliphatic heterocycles. The van der Waals surface area contributed by atoms with E-state index in [0.29, 0.717) is 11.1 Å². The van der Waals surface area contributed by atoms with Gasteiger partial charge in [0.15, 0.2) is 0 Å². The Balaban J connectivity index is 1.70. The Morgan fingerprint density at radius 2 is 1.53 bits per heavy atom. The monoisotopic (exact) mass is 487 g/mol. The minimum absolute atomic E-state index is 0.120. The molecule has 4 nitrogen and oxygen atoms in total. The smallest absolute Gasteiger partial charge is 0.416 e. The fraction of sp³-hybridized carbons (Fsp3) is 0.103. The van der Waals surface area contributed by atoms with Gasteiger partial charge in [-0.1, -0.05) is 66.2 Å². The number of anilines is 1. The van der Waals surface area contributed by atoms with E-state index in [9.17, 15) is 27.9 Å². The molecule has 1 aliphatic rings. The number of rotatable bonds is 3. The number of ketones is 1. The van der Waals surface area contributed by atoms with Crippen molar-refractivity contribution in [1.82, 2.24) is 0 Å². The van der Waals surface area contributed by atoms with Crippen LogP contribution in [0.4, 0.5) is 18.9 Å². The van der Waals surface area contributed by atoms with Crippen LogP contribution in [0.15, 0.2) is 96.6 Å². The Labute approximate surface area is 204 Å². The third kappa shape index (κ3) is 4.02. The normalized spacial score (nSPS) is 17.7. The van der Waals surface area contributed by atoms with Crippen LogP contribution in [-0.4, -0.2) is 16.8 Å². The lowest BCUT2D eigenvalue weighted by Gasteiger charge is -2.26. The first kappa shape index (κ1) is 23.4. The third-order valence-corrected chi connectivity index (χ3v) is 6.30. The number of nitrogens with zero attached hydrogens (tertiary/aromatic N) is 1. The quantitative estimate of drug-likeness (QED) is 0.197. The van der Waals surface area contributed by atoms with Crippen molar-refractivity contribution in [2.24, 2.45) is 0 Å². The molecule has 1 fully saturated rings. The molecule has 7 heteroatoms. The fourth-order valence-electron chi connectivity index (χ4n) is 4.56. The van der Waals surface area contributed by atoms with Crippen LogP contribution < -0.4 is 4.90 Å². The summed E-state index contributed by atoms with van der Waals surface area (Å²) in [7, 11) is 0. The Bertz CT molecular complexity index is 1540. The SMILES string of the molecule is Cc1cccc(C2/C(=C(/O)c3ccc4ccccc4c3)C(=O)C(=O)N2c2ccc(C(F)(F)F)cc2)c1. The van der Waals surface area contributed by atoms with Gasteiger partial charge in [-0.15, -0.1) is 0 Å². The highest BCUT2D eigenvalue weighted by Crippen LogP contribution is 2.43. The molecule has 1 heterocycles. The summed E-state index contributed by atoms with van der Waals surface area (Å²) >= 11 is 0. The van der Waals surface area contributed by atoms with Crippen LogP contribution in [0.3, 0.4) is 0 Å². The topological polar surface area (TPSA) is 57.6 Å². The van der Waals surface area contributed by atoms with Crippen LogP contribution in [0.25, 0.3) is 16.5 Å². The molecule has 1 amide bonds. The third-order valence-electron chi connectivity index (χ3n) is 6.30. The van der Waals surface area contributed by atoms with Gasteiger partial charge in [0.2, 0.25) is 0 Å². The number of carbonyl (C=O) groups excluding carboxylic acids is 2. The average molecular weight is 487 g/mol. The number of amides is 1. The number of benzene rings is 4. The lowest BCUT2D eigenvalue weighted by molar-refractivity contribution is -0.137. The van der Waals surface area contributed by atoms with Crippen molar-refractivity contribution in [2.45, 2.75) is 19.1 Å². The lowest BCUT2D eigenvalue weighted by Crippen LogP contribution is -2.29. The van der Waals surface area contributed by atoms with E-state index in [-0.39, 0.29) is 17.0 Å². The molecule has 0 spiro atoms. The molecule has 4 aromatic carbocycles. The molecule has 5 rings (SSSR count). The summed E-state index contributed by atoms with van der Waals surface area (Å²) in [4.78, 5) is 27.6. The highest BCUT2D eigenvalue weighted by Gasteiger charge is 2.47. The molecular weight excluding hydrogens is 467 g/mol. The summed E-state index contributed by atoms with van der Waals surface area (Å²) in [5, 5.41) is 13.1. The Kier molecular flexibility index (Phi) is 5.63. The van der Waals surface area contributed by atoms with Crippen molar-refractivity contribution in [3.05, 3.63) is 119 Å². The first-order chi connectivity index (χ1) is 17.1. The maximum atomic E-state index is 13.3. The van der Waals surface area contributed by atoms with Gasteiger partial charge in [-0.3, -0.25) is 14.5 Å². The van der Waals surface area contributed by atoms with Crippen LogP contribution in [-0.2, 0) is 15.8 Å². The van der Waals surface area contributed by atoms with Crippen LogP contribution in [0.5, 0.6) is 0 Å². The summed E-state index contributed by atoms with van der Waals surface area (Å²) in [5.74, 6) is -2.18. The molecule has 4 aromatic rings. The molecule has 0 aromatic heterocycles. The van der Waals surface area contributed by atoms with Crippen LogP contribution >= 0.6 is 0 Å². The minimum Gasteiger partial charge on any atom is -0.507 e. The molecule has 180 valence electrons. The molecule has 1 atom stereocenters. The molecule has 0 bridgehead atoms. The average Bonchev–Trinajstić information content (AvgIpc) is 3.13. The summed E-state index contributed by atoms with van der Waals surface area (Å²) in [6.45, 7) is 1.84. The first-order valence-electron chi connectivity index (χ1n) is 11.2. The number of aryl methyl sites for hydroxylation is 1. The summed E-state index contributed by atoms with van der Waals surface area (Å²) in [5.41, 5.74) is 0.894. The van der Waals surface area contributed by atoms with Crippen molar-refractivity contribution < 1.29 is 27.9 Å². The minimum atomic E-state index is -4.54. The van der Waals surface area contributed by atoms with E-state index in [1.807, 2.05) is 37.3 Å². The second-order valence-corrected chi connectivity index (χ2v) is 8.69. The van der Waals surface area contributed by atoms with E-state index in [2.05, 4.69) is 0 Å². The van der Waals surface area contributed by atoms with Crippen molar-refractivity contribution in [2.75, 3.05) is 4.90 Å². The lowest BCUT2D eigenvalue weighted by atomic mass is 9.93. The number of hydrogen-bond donors (Lipinski definition) is 1. The van der Waals surface area contributed by atoms with Crippen molar-refractivity contribution in [3.63, 3.8) is 0 Å². The van der Waals surface area contributed by atoms with Crippen LogP contribution in [0.1, 0.15) is 28.3 Å². The molecule has 0 saturated carbocycles. The number of aliphatic hydroxyl groups excluding tert-OH is 1. The molecule has 1 unspecified atom stereocenters. The molecule has 0 radical (unpaired) electrons. The van der Waals surface area contributed by atoms with Crippen LogP contribution in [0.2, 0.25) is 0 Å². The molecular formula is C29H20F3NO3. The summed E-state index contributed by atoms with van der Waals surface area (Å²) in [6, 6.07) is 22.8. The van der Waals surface area contributed by atoms with Gasteiger partial charge < -0.3 is 5.11 Å². The van der Waals surface area contributed by atoms with Gasteiger partial charge in [0, 0.05) is 11.3 Å². The predicted octanol–water partition coefficient (Wildman–Crippen LogP) is 6.79. The van der Waals surface area contributed by atoms with Gasteiger partial charge >= 0.3 is 6.18 Å². The highest BCUT2D eigenvalue weighted by atomic mass is 19.4. The van der Waals surface area contributed by atoms with E-state index >= 15 is 0 Å². The second kappa shape index (κ2) is 8.68. The summed E-state index contributed by atoms with van der Waals surface area (Å²) in [6.07, 6.45) is -4.54. The predicted molar refractivity (Wildman–Crippen MR) is 131 cm³/mol. The number of halogens is 3. The number of fused-ring (bicyclic) bond motifs is 1. The fourth-order valence-corrected chi connectivity index (χ4v) is 4.56. The van der Waals surface area contributed by atoms with Gasteiger partial charge in [0.1, 0.15) is 5.76 Å². The summed E-state index contributed by atoms with van der Waals surface area (Å²) < 4.78 is 39.3. The highest BCUT2D eigenvalue weighted by molar-refractivity contribution is 6.51. The van der Waals surface area contributed by atoms with E-state index < -0.39 is 29.5 Å². The van der Waals surface area contributed by atoms with Gasteiger partial charge in [-0.05, 0) is 53.6 Å². The number of hydrogen-bond acceptors (Lipinski definition) is 3. The number of aliphatic hydroxyl groups is 1. The first-order valence-corrected chi connectivity index (χ1v) is 11.2. The number of alkyl halides is 3. The molecule has 36 heavy (non-hydrogen) atoms. The second-order valence-electron chi connectivity index (χ2n) is 8.69. The van der Waals surface area contributed by atoms with Gasteiger partial charge in [-0.2, -0.15) is 13.2 Å². The van der Waals surface area contributed by atoms with E-state index in [1.54, 1.807) is 36.4 Å². The Morgan fingerprint density at radius 1 is 0.833 bits per heavy atom. The largest absolute Gasteiger partial charge is 0.507 e. The molecule has 1 saturated heterocycles. The van der Waals surface area contributed by atoms with E-state index in [0.717, 1.165) is 45.5 Å². The van der Waals surface area contributed by atoms with E-state index in [1.165, 1.54) is 0 Å². The Morgan fingerprint density at radius 3 is 2.19 bits per heavy atom. The molecule has 0 aliphatic carbocycles. The maximum Gasteiger partial charge on any atom is 0.416 e. The van der Waals surface area contributed by atoms with Gasteiger partial charge in [0.25, 0.3) is 11.7 Å². The maximum absolute atomic E-state index is 13.3. The standard InChI is InChI=1S/C29H20F3NO3/c1-17-5-4-8-20(15-17)25-24(26(34)21-10-9-18-6-2-3-7-19(18)16-21)27(35)28(36)33(25)23-13-11-22(12-14-23)29(30,31)32/h2-16,25,34H,1H3/b26-24-. The van der Waals surface area contributed by atoms with Crippen molar-refractivity contribution >= 4 is 33.9 Å². The zero-order valence-electron chi connectivity index (χ0n) is 19.1. The Hall–Kier alpha value is -4.39. The molecule has 1 N–H and O–H groups in total. The van der Waals surface area contributed by atoms with E-state index in [4.69, 9.17) is 0 Å². The van der Waals surface area contributed by atoms with Gasteiger partial charge in [-0.25, -0.2) is 0 Å². The zero-order chi connectivity index (χ0) is 25.6. The van der Waals surface area contributed by atoms with Crippen molar-refractivity contribution in [1.29, 1.82) is 0 Å². The number of carbonyl (C=O) groups is 2.